The molecular formula is C14H17N5O3S. The van der Waals surface area contributed by atoms with E-state index in [2.05, 4.69) is 20.3 Å². The molecule has 1 aliphatic heterocycles. The van der Waals surface area contributed by atoms with Crippen LogP contribution in [0, 0.1) is 0 Å². The zero-order valence-corrected chi connectivity index (χ0v) is 13.5. The van der Waals surface area contributed by atoms with Crippen molar-refractivity contribution in [1.82, 2.24) is 25.6 Å². The number of thiocarbonyl (C=S) groups is 1. The van der Waals surface area contributed by atoms with Gasteiger partial charge >= 0.3 is 0 Å². The normalized spacial score (nSPS) is 14.5. The summed E-state index contributed by atoms with van der Waals surface area (Å²) in [5.74, 6) is -0.122. The predicted molar refractivity (Wildman–Crippen MR) is 86.6 cm³/mol. The highest BCUT2D eigenvalue weighted by atomic mass is 32.1. The lowest BCUT2D eigenvalue weighted by Crippen LogP contribution is -2.49. The van der Waals surface area contributed by atoms with Crippen LogP contribution in [0.1, 0.15) is 16.8 Å². The van der Waals surface area contributed by atoms with Crippen molar-refractivity contribution in [1.29, 1.82) is 0 Å². The van der Waals surface area contributed by atoms with Gasteiger partial charge in [-0.3, -0.25) is 9.80 Å². The minimum Gasteiger partial charge on any atom is -0.383 e. The molecular weight excluding hydrogens is 318 g/mol. The number of benzene rings is 1. The van der Waals surface area contributed by atoms with Crippen molar-refractivity contribution in [2.24, 2.45) is 0 Å². The Labute approximate surface area is 138 Å². The zero-order valence-electron chi connectivity index (χ0n) is 12.7. The summed E-state index contributed by atoms with van der Waals surface area (Å²) in [6, 6.07) is 5.10. The molecule has 0 unspecified atom stereocenters. The number of ether oxygens (including phenoxy) is 1. The molecule has 1 aromatic carbocycles. The first-order valence-electron chi connectivity index (χ1n) is 7.29. The molecule has 23 heavy (non-hydrogen) atoms. The summed E-state index contributed by atoms with van der Waals surface area (Å²) < 4.78 is 9.65. The van der Waals surface area contributed by atoms with E-state index < -0.39 is 0 Å². The fraction of sp³-hybridized carbons (Fsp3) is 0.429. The molecule has 1 N–H and O–H groups in total. The summed E-state index contributed by atoms with van der Waals surface area (Å²) in [7, 11) is 1.63. The van der Waals surface area contributed by atoms with Crippen molar-refractivity contribution in [2.45, 2.75) is 6.42 Å². The minimum atomic E-state index is -0.122. The number of carbonyl (C=O) groups excluding carboxylic acids is 1. The van der Waals surface area contributed by atoms with Crippen LogP contribution < -0.4 is 5.32 Å². The van der Waals surface area contributed by atoms with Gasteiger partial charge in [-0.05, 0) is 47.2 Å². The van der Waals surface area contributed by atoms with E-state index in [4.69, 9.17) is 17.0 Å². The molecule has 2 heterocycles. The fourth-order valence-electron chi connectivity index (χ4n) is 2.45. The number of amides is 1. The summed E-state index contributed by atoms with van der Waals surface area (Å²) in [5.41, 5.74) is 1.71. The Kier molecular flexibility index (Phi) is 4.68. The topological polar surface area (TPSA) is 83.7 Å². The maximum atomic E-state index is 12.8. The second-order valence-electron chi connectivity index (χ2n) is 5.10. The molecule has 1 aromatic heterocycles. The molecule has 0 spiro atoms. The lowest BCUT2D eigenvalue weighted by Gasteiger charge is -2.30. The largest absolute Gasteiger partial charge is 0.383 e. The summed E-state index contributed by atoms with van der Waals surface area (Å²) in [6.45, 7) is 2.49. The summed E-state index contributed by atoms with van der Waals surface area (Å²) >= 11 is 5.36. The maximum absolute atomic E-state index is 12.8. The quantitative estimate of drug-likeness (QED) is 0.649. The molecule has 3 rings (SSSR count). The van der Waals surface area contributed by atoms with Crippen molar-refractivity contribution in [2.75, 3.05) is 33.4 Å². The van der Waals surface area contributed by atoms with Crippen molar-refractivity contribution >= 4 is 34.3 Å². The third-order valence-electron chi connectivity index (χ3n) is 3.58. The van der Waals surface area contributed by atoms with E-state index in [0.29, 0.717) is 48.0 Å². The Morgan fingerprint density at radius 1 is 1.35 bits per heavy atom. The number of nitrogens with one attached hydrogen (secondary N) is 1. The van der Waals surface area contributed by atoms with E-state index in [0.717, 1.165) is 6.42 Å². The van der Waals surface area contributed by atoms with E-state index in [-0.39, 0.29) is 5.91 Å². The van der Waals surface area contributed by atoms with Gasteiger partial charge in [0.2, 0.25) is 0 Å². The van der Waals surface area contributed by atoms with Crippen LogP contribution in [-0.2, 0) is 4.74 Å². The monoisotopic (exact) mass is 335 g/mol. The lowest BCUT2D eigenvalue weighted by molar-refractivity contribution is 0.0491. The second kappa shape index (κ2) is 6.88. The third-order valence-corrected chi connectivity index (χ3v) is 3.94. The molecule has 2 aromatic rings. The number of hydrazine groups is 1. The van der Waals surface area contributed by atoms with Gasteiger partial charge < -0.3 is 10.1 Å². The first-order chi connectivity index (χ1) is 11.2. The van der Waals surface area contributed by atoms with Gasteiger partial charge in [-0.25, -0.2) is 9.64 Å². The standard InChI is InChI=1S/C14H17N5O3S/c1-21-8-5-15-14(23)19-7-2-6-18(19)13(20)10-3-4-11-12(9-10)17-22-16-11/h3-4,9H,2,5-8H2,1H3,(H,15,23). The van der Waals surface area contributed by atoms with Crippen LogP contribution in [-0.4, -0.2) is 64.7 Å². The van der Waals surface area contributed by atoms with E-state index >= 15 is 0 Å². The third kappa shape index (κ3) is 3.25. The summed E-state index contributed by atoms with van der Waals surface area (Å²) in [5, 5.41) is 14.6. The number of hydrogen-bond donors (Lipinski definition) is 1. The van der Waals surface area contributed by atoms with Crippen LogP contribution in [0.2, 0.25) is 0 Å². The molecule has 0 saturated carbocycles. The van der Waals surface area contributed by atoms with E-state index in [1.54, 1.807) is 35.3 Å². The van der Waals surface area contributed by atoms with Crippen molar-refractivity contribution < 1.29 is 14.2 Å². The molecule has 122 valence electrons. The molecule has 1 saturated heterocycles. The van der Waals surface area contributed by atoms with Gasteiger partial charge in [0.05, 0.1) is 6.61 Å². The van der Waals surface area contributed by atoms with Crippen LogP contribution in [0.4, 0.5) is 0 Å². The van der Waals surface area contributed by atoms with Gasteiger partial charge in [0.15, 0.2) is 5.11 Å². The van der Waals surface area contributed by atoms with Gasteiger partial charge in [-0.15, -0.1) is 0 Å². The van der Waals surface area contributed by atoms with Gasteiger partial charge in [0, 0.05) is 32.3 Å². The minimum absolute atomic E-state index is 0.122. The smallest absolute Gasteiger partial charge is 0.272 e. The highest BCUT2D eigenvalue weighted by molar-refractivity contribution is 7.80. The van der Waals surface area contributed by atoms with Gasteiger partial charge in [-0.2, -0.15) is 0 Å². The summed E-state index contributed by atoms with van der Waals surface area (Å²) in [4.78, 5) is 12.8. The number of carbonyl (C=O) groups is 1. The van der Waals surface area contributed by atoms with E-state index in [1.165, 1.54) is 0 Å². The molecule has 1 fully saturated rings. The number of hydrogen-bond acceptors (Lipinski definition) is 6. The SMILES string of the molecule is COCCNC(=S)N1CCCN1C(=O)c1ccc2nonc2c1. The Bertz CT molecular complexity index is 719. The number of rotatable bonds is 4. The van der Waals surface area contributed by atoms with Crippen LogP contribution in [0.3, 0.4) is 0 Å². The molecule has 0 bridgehead atoms. The molecule has 1 aliphatic rings. The first kappa shape index (κ1) is 15.6. The lowest BCUT2D eigenvalue weighted by atomic mass is 10.2. The second-order valence-corrected chi connectivity index (χ2v) is 5.48. The van der Waals surface area contributed by atoms with Gasteiger partial charge in [0.25, 0.3) is 5.91 Å². The summed E-state index contributed by atoms with van der Waals surface area (Å²) in [6.07, 6.45) is 0.867. The molecule has 8 nitrogen and oxygen atoms in total. The van der Waals surface area contributed by atoms with Crippen molar-refractivity contribution in [3.05, 3.63) is 23.8 Å². The highest BCUT2D eigenvalue weighted by Gasteiger charge is 2.29. The average molecular weight is 335 g/mol. The van der Waals surface area contributed by atoms with Crippen molar-refractivity contribution in [3.8, 4) is 0 Å². The van der Waals surface area contributed by atoms with E-state index in [9.17, 15) is 4.79 Å². The number of nitrogens with zero attached hydrogens (tertiary/aromatic N) is 4. The van der Waals surface area contributed by atoms with Gasteiger partial charge in [0.1, 0.15) is 11.0 Å². The average Bonchev–Trinajstić information content (AvgIpc) is 3.22. The number of aromatic nitrogens is 2. The number of methoxy groups -OCH3 is 1. The predicted octanol–water partition coefficient (Wildman–Crippen LogP) is 0.807. The van der Waals surface area contributed by atoms with Crippen molar-refractivity contribution in [3.63, 3.8) is 0 Å². The van der Waals surface area contributed by atoms with Crippen LogP contribution in [0.25, 0.3) is 11.0 Å². The molecule has 1 amide bonds. The van der Waals surface area contributed by atoms with Crippen LogP contribution in [0.15, 0.2) is 22.8 Å². The fourth-order valence-corrected chi connectivity index (χ4v) is 2.74. The zero-order chi connectivity index (χ0) is 16.2. The van der Waals surface area contributed by atoms with Crippen LogP contribution >= 0.6 is 12.2 Å². The molecule has 0 aliphatic carbocycles. The van der Waals surface area contributed by atoms with Crippen LogP contribution in [0.5, 0.6) is 0 Å². The Balaban J connectivity index is 1.73. The maximum Gasteiger partial charge on any atom is 0.272 e. The molecule has 0 radical (unpaired) electrons. The van der Waals surface area contributed by atoms with E-state index in [1.807, 2.05) is 0 Å². The molecule has 0 atom stereocenters. The Morgan fingerprint density at radius 2 is 2.13 bits per heavy atom. The Morgan fingerprint density at radius 3 is 2.96 bits per heavy atom. The highest BCUT2D eigenvalue weighted by Crippen LogP contribution is 2.18. The van der Waals surface area contributed by atoms with Gasteiger partial charge in [-0.1, -0.05) is 0 Å². The Hall–Kier alpha value is -2.26. The number of fused-ring (bicyclic) bond motifs is 1. The first-order valence-corrected chi connectivity index (χ1v) is 7.70. The molecule has 9 heteroatoms.